The molecular formula is C29H32N4O3. The van der Waals surface area contributed by atoms with Crippen LogP contribution in [0.5, 0.6) is 5.75 Å². The molecule has 0 aliphatic carbocycles. The Morgan fingerprint density at radius 3 is 2.08 bits per heavy atom. The molecule has 186 valence electrons. The summed E-state index contributed by atoms with van der Waals surface area (Å²) in [6.07, 6.45) is 4.34. The van der Waals surface area contributed by atoms with Crippen LogP contribution in [-0.4, -0.2) is 68.0 Å². The molecule has 2 N–H and O–H groups in total. The lowest BCUT2D eigenvalue weighted by Gasteiger charge is -2.33. The number of nitrogens with one attached hydrogen (secondary N) is 2. The first-order valence-electron chi connectivity index (χ1n) is 12.1. The molecule has 0 saturated carbocycles. The molecule has 0 aromatic heterocycles. The molecule has 0 radical (unpaired) electrons. The second-order valence-electron chi connectivity index (χ2n) is 8.70. The minimum Gasteiger partial charge on any atom is -0.497 e. The zero-order valence-corrected chi connectivity index (χ0v) is 20.5. The number of carbonyl (C=O) groups is 2. The number of benzene rings is 3. The van der Waals surface area contributed by atoms with Crippen molar-refractivity contribution >= 4 is 29.3 Å². The maximum Gasteiger partial charge on any atom is 0.255 e. The molecule has 36 heavy (non-hydrogen) atoms. The van der Waals surface area contributed by atoms with Gasteiger partial charge in [-0.05, 0) is 54.1 Å². The number of carbonyl (C=O) groups excluding carboxylic acids is 2. The van der Waals surface area contributed by atoms with Gasteiger partial charge in [0.25, 0.3) is 5.91 Å². The number of methoxy groups -OCH3 is 1. The molecule has 0 unspecified atom stereocenters. The van der Waals surface area contributed by atoms with Crippen molar-refractivity contribution in [2.75, 3.05) is 57.0 Å². The van der Waals surface area contributed by atoms with E-state index in [2.05, 4.69) is 44.7 Å². The molecule has 1 heterocycles. The molecule has 1 saturated heterocycles. The third-order valence-corrected chi connectivity index (χ3v) is 6.08. The average molecular weight is 485 g/mol. The van der Waals surface area contributed by atoms with E-state index in [0.29, 0.717) is 23.5 Å². The lowest BCUT2D eigenvalue weighted by atomic mass is 10.2. The van der Waals surface area contributed by atoms with Gasteiger partial charge in [0.1, 0.15) is 5.75 Å². The van der Waals surface area contributed by atoms with E-state index in [-0.39, 0.29) is 11.8 Å². The van der Waals surface area contributed by atoms with Crippen LogP contribution in [0.25, 0.3) is 6.08 Å². The Bertz CT molecular complexity index is 1150. The van der Waals surface area contributed by atoms with E-state index < -0.39 is 0 Å². The van der Waals surface area contributed by atoms with Gasteiger partial charge in [-0.3, -0.25) is 19.4 Å². The van der Waals surface area contributed by atoms with Gasteiger partial charge in [0.05, 0.1) is 13.7 Å². The number of amides is 2. The zero-order valence-electron chi connectivity index (χ0n) is 20.5. The van der Waals surface area contributed by atoms with Crippen LogP contribution in [-0.2, 0) is 4.79 Å². The molecule has 7 nitrogen and oxygen atoms in total. The lowest BCUT2D eigenvalue weighted by Crippen LogP contribution is -2.48. The van der Waals surface area contributed by atoms with Gasteiger partial charge in [-0.1, -0.05) is 42.5 Å². The van der Waals surface area contributed by atoms with Crippen LogP contribution in [0, 0.1) is 0 Å². The van der Waals surface area contributed by atoms with Gasteiger partial charge in [-0.15, -0.1) is 0 Å². The fourth-order valence-electron chi connectivity index (χ4n) is 4.02. The summed E-state index contributed by atoms with van der Waals surface area (Å²) in [6.45, 7) is 4.85. The molecule has 0 bridgehead atoms. The molecule has 1 aliphatic heterocycles. The van der Waals surface area contributed by atoms with Crippen LogP contribution in [0.15, 0.2) is 84.9 Å². The highest BCUT2D eigenvalue weighted by Gasteiger charge is 2.18. The Hall–Kier alpha value is -3.94. The molecule has 0 spiro atoms. The Kier molecular flexibility index (Phi) is 8.86. The van der Waals surface area contributed by atoms with Gasteiger partial charge >= 0.3 is 0 Å². The first-order valence-corrected chi connectivity index (χ1v) is 12.1. The molecular weight excluding hydrogens is 452 g/mol. The Morgan fingerprint density at radius 1 is 0.806 bits per heavy atom. The van der Waals surface area contributed by atoms with Crippen molar-refractivity contribution in [2.45, 2.75) is 0 Å². The molecule has 3 aromatic rings. The predicted molar refractivity (Wildman–Crippen MR) is 144 cm³/mol. The largest absolute Gasteiger partial charge is 0.497 e. The Balaban J connectivity index is 1.18. The van der Waals surface area contributed by atoms with Gasteiger partial charge in [0.15, 0.2) is 0 Å². The van der Waals surface area contributed by atoms with E-state index in [0.717, 1.165) is 38.5 Å². The number of piperazine rings is 1. The molecule has 2 amide bonds. The first kappa shape index (κ1) is 25.2. The first-order chi connectivity index (χ1) is 17.6. The highest BCUT2D eigenvalue weighted by Crippen LogP contribution is 2.17. The number of hydrogen-bond acceptors (Lipinski definition) is 5. The van der Waals surface area contributed by atoms with Crippen molar-refractivity contribution < 1.29 is 14.3 Å². The monoisotopic (exact) mass is 484 g/mol. The second-order valence-corrected chi connectivity index (χ2v) is 8.70. The van der Waals surface area contributed by atoms with E-state index in [1.807, 2.05) is 18.2 Å². The highest BCUT2D eigenvalue weighted by atomic mass is 16.5. The Morgan fingerprint density at radius 2 is 1.42 bits per heavy atom. The maximum atomic E-state index is 12.5. The summed E-state index contributed by atoms with van der Waals surface area (Å²) in [5.74, 6) is 0.461. The molecule has 4 rings (SSSR count). The van der Waals surface area contributed by atoms with E-state index in [1.54, 1.807) is 55.6 Å². The van der Waals surface area contributed by atoms with Crippen LogP contribution in [0.4, 0.5) is 11.4 Å². The molecule has 7 heteroatoms. The summed E-state index contributed by atoms with van der Waals surface area (Å²) in [7, 11) is 1.60. The van der Waals surface area contributed by atoms with E-state index in [1.165, 1.54) is 5.56 Å². The number of rotatable bonds is 9. The summed E-state index contributed by atoms with van der Waals surface area (Å²) < 4.78 is 5.13. The van der Waals surface area contributed by atoms with Crippen LogP contribution >= 0.6 is 0 Å². The van der Waals surface area contributed by atoms with Gasteiger partial charge in [0.2, 0.25) is 5.91 Å². The van der Waals surface area contributed by atoms with E-state index in [9.17, 15) is 9.59 Å². The third-order valence-electron chi connectivity index (χ3n) is 6.08. The van der Waals surface area contributed by atoms with Crippen molar-refractivity contribution in [3.63, 3.8) is 0 Å². The smallest absolute Gasteiger partial charge is 0.255 e. The number of hydrogen-bond donors (Lipinski definition) is 2. The number of anilines is 2. The van der Waals surface area contributed by atoms with E-state index in [4.69, 9.17) is 4.74 Å². The summed E-state index contributed by atoms with van der Waals surface area (Å²) in [5, 5.41) is 5.78. The van der Waals surface area contributed by atoms with Gasteiger partial charge in [-0.25, -0.2) is 0 Å². The highest BCUT2D eigenvalue weighted by molar-refractivity contribution is 6.04. The fourth-order valence-corrected chi connectivity index (χ4v) is 4.02. The maximum absolute atomic E-state index is 12.5. The SMILES string of the molecule is COc1ccc(NC(=O)c2ccc(NC(=O)CN3CCN(CC=Cc4ccccc4)CC3)cc2)cc1. The van der Waals surface area contributed by atoms with Crippen molar-refractivity contribution in [1.82, 2.24) is 9.80 Å². The standard InChI is InChI=1S/C29H32N4O3/c1-36-27-15-13-26(14-16-27)31-29(35)24-9-11-25(12-10-24)30-28(34)22-33-20-18-32(19-21-33)17-5-8-23-6-3-2-4-7-23/h2-16H,17-22H2,1H3,(H,30,34)(H,31,35). The van der Waals surface area contributed by atoms with Gasteiger partial charge < -0.3 is 15.4 Å². The van der Waals surface area contributed by atoms with Crippen LogP contribution in [0.2, 0.25) is 0 Å². The van der Waals surface area contributed by atoms with Gasteiger partial charge in [-0.2, -0.15) is 0 Å². The summed E-state index contributed by atoms with van der Waals surface area (Å²) in [4.78, 5) is 29.6. The van der Waals surface area contributed by atoms with Crippen molar-refractivity contribution in [3.8, 4) is 5.75 Å². The summed E-state index contributed by atoms with van der Waals surface area (Å²) in [6, 6.07) is 24.3. The number of nitrogens with zero attached hydrogens (tertiary/aromatic N) is 2. The lowest BCUT2D eigenvalue weighted by molar-refractivity contribution is -0.117. The molecule has 1 fully saturated rings. The molecule has 3 aromatic carbocycles. The minimum absolute atomic E-state index is 0.0529. The zero-order chi connectivity index (χ0) is 25.2. The van der Waals surface area contributed by atoms with Crippen molar-refractivity contribution in [1.29, 1.82) is 0 Å². The van der Waals surface area contributed by atoms with Crippen LogP contribution in [0.3, 0.4) is 0 Å². The van der Waals surface area contributed by atoms with Crippen LogP contribution < -0.4 is 15.4 Å². The van der Waals surface area contributed by atoms with Crippen LogP contribution in [0.1, 0.15) is 15.9 Å². The Labute approximate surface area is 212 Å². The predicted octanol–water partition coefficient (Wildman–Crippen LogP) is 4.22. The summed E-state index contributed by atoms with van der Waals surface area (Å²) in [5.41, 5.74) is 3.08. The van der Waals surface area contributed by atoms with Crippen molar-refractivity contribution in [2.24, 2.45) is 0 Å². The topological polar surface area (TPSA) is 73.9 Å². The third kappa shape index (κ3) is 7.53. The van der Waals surface area contributed by atoms with Gasteiger partial charge in [0, 0.05) is 49.7 Å². The average Bonchev–Trinajstić information content (AvgIpc) is 2.91. The van der Waals surface area contributed by atoms with E-state index >= 15 is 0 Å². The molecule has 1 aliphatic rings. The quantitative estimate of drug-likeness (QED) is 0.476. The summed E-state index contributed by atoms with van der Waals surface area (Å²) >= 11 is 0. The fraction of sp³-hybridized carbons (Fsp3) is 0.241. The van der Waals surface area contributed by atoms with Crippen molar-refractivity contribution in [3.05, 3.63) is 96.1 Å². The second kappa shape index (κ2) is 12.7. The normalized spacial score (nSPS) is 14.5. The minimum atomic E-state index is -0.213. The molecule has 0 atom stereocenters. The number of ether oxygens (including phenoxy) is 1.